The SMILES string of the molecule is COc1cccc(-c2nnnn2[C@H]2CO[C@H]3[C@@H]2OC[C@@H]3NC(=O)N2CCOCC2)c1. The van der Waals surface area contributed by atoms with Crippen molar-refractivity contribution < 1.29 is 23.7 Å². The van der Waals surface area contributed by atoms with Crippen LogP contribution in [0.25, 0.3) is 11.4 Å². The van der Waals surface area contributed by atoms with Crippen molar-refractivity contribution in [3.05, 3.63) is 24.3 Å². The molecule has 1 aromatic heterocycles. The summed E-state index contributed by atoms with van der Waals surface area (Å²) in [4.78, 5) is 14.3. The summed E-state index contributed by atoms with van der Waals surface area (Å²) in [7, 11) is 1.62. The highest BCUT2D eigenvalue weighted by atomic mass is 16.6. The van der Waals surface area contributed by atoms with E-state index in [1.54, 1.807) is 16.7 Å². The Labute approximate surface area is 173 Å². The number of morpholine rings is 1. The second-order valence-electron chi connectivity index (χ2n) is 7.50. The number of aromatic nitrogens is 4. The Bertz CT molecular complexity index is 901. The molecule has 0 bridgehead atoms. The average Bonchev–Trinajstić information content (AvgIpc) is 3.52. The number of ether oxygens (including phenoxy) is 4. The summed E-state index contributed by atoms with van der Waals surface area (Å²) in [6.07, 6.45) is -0.491. The molecule has 0 saturated carbocycles. The van der Waals surface area contributed by atoms with Crippen LogP contribution in [-0.4, -0.2) is 96.0 Å². The van der Waals surface area contributed by atoms with E-state index >= 15 is 0 Å². The minimum Gasteiger partial charge on any atom is -0.497 e. The molecular formula is C19H24N6O5. The Kier molecular flexibility index (Phi) is 5.23. The molecule has 160 valence electrons. The molecule has 3 saturated heterocycles. The maximum Gasteiger partial charge on any atom is 0.317 e. The Balaban J connectivity index is 1.30. The van der Waals surface area contributed by atoms with Gasteiger partial charge in [0.05, 0.1) is 39.6 Å². The number of hydrogen-bond acceptors (Lipinski definition) is 8. The second kappa shape index (κ2) is 8.17. The average molecular weight is 416 g/mol. The molecule has 5 rings (SSSR count). The highest BCUT2D eigenvalue weighted by molar-refractivity contribution is 5.74. The molecule has 3 fully saturated rings. The summed E-state index contributed by atoms with van der Waals surface area (Å²) in [5.41, 5.74) is 0.845. The molecule has 11 nitrogen and oxygen atoms in total. The van der Waals surface area contributed by atoms with E-state index in [-0.39, 0.29) is 30.3 Å². The van der Waals surface area contributed by atoms with Crippen molar-refractivity contribution in [2.24, 2.45) is 0 Å². The molecule has 3 aliphatic heterocycles. The van der Waals surface area contributed by atoms with Crippen molar-refractivity contribution in [2.75, 3.05) is 46.6 Å². The zero-order valence-corrected chi connectivity index (χ0v) is 16.6. The molecule has 1 N–H and O–H groups in total. The van der Waals surface area contributed by atoms with Crippen molar-refractivity contribution in [3.63, 3.8) is 0 Å². The lowest BCUT2D eigenvalue weighted by Crippen LogP contribution is -2.52. The minimum absolute atomic E-state index is 0.112. The van der Waals surface area contributed by atoms with Gasteiger partial charge in [-0.2, -0.15) is 0 Å². The number of benzene rings is 1. The standard InChI is InChI=1S/C19H24N6O5/c1-27-13-4-2-3-12(9-13)18-21-22-23-25(18)15-11-30-16-14(10-29-17(15)16)20-19(26)24-5-7-28-8-6-24/h2-4,9,14-17H,5-8,10-11H2,1H3,(H,20,26)/t14-,15-,16+,17+/m0/s1. The van der Waals surface area contributed by atoms with E-state index in [2.05, 4.69) is 20.8 Å². The van der Waals surface area contributed by atoms with E-state index < -0.39 is 0 Å². The van der Waals surface area contributed by atoms with Crippen LogP contribution in [0.1, 0.15) is 6.04 Å². The van der Waals surface area contributed by atoms with Gasteiger partial charge in [-0.25, -0.2) is 9.48 Å². The number of methoxy groups -OCH3 is 1. The molecule has 0 spiro atoms. The fraction of sp³-hybridized carbons (Fsp3) is 0.579. The first-order chi connectivity index (χ1) is 14.7. The van der Waals surface area contributed by atoms with Gasteiger partial charge in [0.25, 0.3) is 0 Å². The smallest absolute Gasteiger partial charge is 0.317 e. The molecule has 30 heavy (non-hydrogen) atoms. The highest BCUT2D eigenvalue weighted by Crippen LogP contribution is 2.36. The molecule has 2 aromatic rings. The van der Waals surface area contributed by atoms with Crippen molar-refractivity contribution in [3.8, 4) is 17.1 Å². The van der Waals surface area contributed by atoms with Crippen LogP contribution in [0.2, 0.25) is 0 Å². The summed E-state index contributed by atoms with van der Waals surface area (Å²) >= 11 is 0. The fourth-order valence-electron chi connectivity index (χ4n) is 4.20. The zero-order valence-electron chi connectivity index (χ0n) is 16.6. The Morgan fingerprint density at radius 1 is 1.20 bits per heavy atom. The van der Waals surface area contributed by atoms with Gasteiger partial charge in [0, 0.05) is 18.7 Å². The molecule has 4 heterocycles. The van der Waals surface area contributed by atoms with Gasteiger partial charge in [-0.15, -0.1) is 5.10 Å². The van der Waals surface area contributed by atoms with E-state index in [1.165, 1.54) is 0 Å². The first-order valence-corrected chi connectivity index (χ1v) is 10.0. The van der Waals surface area contributed by atoms with Crippen LogP contribution in [0, 0.1) is 0 Å². The third kappa shape index (κ3) is 3.48. The van der Waals surface area contributed by atoms with Gasteiger partial charge in [0.1, 0.15) is 24.0 Å². The van der Waals surface area contributed by atoms with Crippen LogP contribution in [0.4, 0.5) is 4.79 Å². The van der Waals surface area contributed by atoms with E-state index in [0.29, 0.717) is 45.3 Å². The van der Waals surface area contributed by atoms with Crippen molar-refractivity contribution in [2.45, 2.75) is 24.3 Å². The number of fused-ring (bicyclic) bond motifs is 1. The molecule has 2 amide bonds. The quantitative estimate of drug-likeness (QED) is 0.747. The summed E-state index contributed by atoms with van der Waals surface area (Å²) in [5.74, 6) is 1.35. The monoisotopic (exact) mass is 416 g/mol. The van der Waals surface area contributed by atoms with Crippen LogP contribution in [0.5, 0.6) is 5.75 Å². The second-order valence-corrected chi connectivity index (χ2v) is 7.50. The van der Waals surface area contributed by atoms with Crippen molar-refractivity contribution in [1.82, 2.24) is 30.4 Å². The van der Waals surface area contributed by atoms with E-state index in [0.717, 1.165) is 11.3 Å². The van der Waals surface area contributed by atoms with Crippen LogP contribution in [0.3, 0.4) is 0 Å². The molecule has 0 aliphatic carbocycles. The number of carbonyl (C=O) groups is 1. The van der Waals surface area contributed by atoms with E-state index in [4.69, 9.17) is 18.9 Å². The van der Waals surface area contributed by atoms with Gasteiger partial charge in [-0.1, -0.05) is 12.1 Å². The molecule has 4 atom stereocenters. The first kappa shape index (κ1) is 19.2. The van der Waals surface area contributed by atoms with Gasteiger partial charge < -0.3 is 29.2 Å². The number of amides is 2. The minimum atomic E-state index is -0.248. The zero-order chi connectivity index (χ0) is 20.5. The maximum absolute atomic E-state index is 12.6. The Morgan fingerprint density at radius 2 is 2.03 bits per heavy atom. The number of carbonyl (C=O) groups excluding carboxylic acids is 1. The summed E-state index contributed by atoms with van der Waals surface area (Å²) < 4.78 is 24.4. The van der Waals surface area contributed by atoms with Gasteiger partial charge >= 0.3 is 6.03 Å². The summed E-state index contributed by atoms with van der Waals surface area (Å²) in [6, 6.07) is 7.07. The van der Waals surface area contributed by atoms with Crippen LogP contribution in [0.15, 0.2) is 24.3 Å². The number of tetrazole rings is 1. The third-order valence-corrected chi connectivity index (χ3v) is 5.77. The molecule has 1 aromatic carbocycles. The molecule has 11 heteroatoms. The maximum atomic E-state index is 12.6. The largest absolute Gasteiger partial charge is 0.497 e. The number of nitrogens with one attached hydrogen (secondary N) is 1. The molecule has 3 aliphatic rings. The van der Waals surface area contributed by atoms with Gasteiger partial charge in [-0.05, 0) is 22.6 Å². The van der Waals surface area contributed by atoms with Crippen LogP contribution < -0.4 is 10.1 Å². The van der Waals surface area contributed by atoms with Crippen LogP contribution >= 0.6 is 0 Å². The van der Waals surface area contributed by atoms with E-state index in [1.807, 2.05) is 24.3 Å². The summed E-state index contributed by atoms with van der Waals surface area (Å²) in [6.45, 7) is 3.09. The number of nitrogens with zero attached hydrogens (tertiary/aromatic N) is 5. The first-order valence-electron chi connectivity index (χ1n) is 10.0. The highest BCUT2D eigenvalue weighted by Gasteiger charge is 2.50. The Morgan fingerprint density at radius 3 is 2.87 bits per heavy atom. The normalized spacial score (nSPS) is 28.4. The summed E-state index contributed by atoms with van der Waals surface area (Å²) in [5, 5.41) is 15.3. The lowest BCUT2D eigenvalue weighted by molar-refractivity contribution is 0.0485. The topological polar surface area (TPSA) is 113 Å². The number of rotatable bonds is 4. The van der Waals surface area contributed by atoms with E-state index in [9.17, 15) is 4.79 Å². The predicted octanol–water partition coefficient (Wildman–Crippen LogP) is 0.0978. The lowest BCUT2D eigenvalue weighted by Gasteiger charge is -2.29. The van der Waals surface area contributed by atoms with Gasteiger partial charge in [-0.3, -0.25) is 0 Å². The van der Waals surface area contributed by atoms with Gasteiger partial charge in [0.15, 0.2) is 5.82 Å². The van der Waals surface area contributed by atoms with Crippen molar-refractivity contribution >= 4 is 6.03 Å². The number of hydrogen-bond donors (Lipinski definition) is 1. The van der Waals surface area contributed by atoms with Gasteiger partial charge in [0.2, 0.25) is 0 Å². The molecular weight excluding hydrogens is 392 g/mol. The van der Waals surface area contributed by atoms with Crippen molar-refractivity contribution in [1.29, 1.82) is 0 Å². The fourth-order valence-corrected chi connectivity index (χ4v) is 4.20. The Hall–Kier alpha value is -2.76. The van der Waals surface area contributed by atoms with Crippen LogP contribution in [-0.2, 0) is 14.2 Å². The lowest BCUT2D eigenvalue weighted by atomic mass is 10.1. The predicted molar refractivity (Wildman–Crippen MR) is 103 cm³/mol. The number of urea groups is 1. The molecule has 0 radical (unpaired) electrons. The third-order valence-electron chi connectivity index (χ3n) is 5.77. The molecule has 0 unspecified atom stereocenters.